The largest absolute Gasteiger partial charge is 0.478 e. The average Bonchev–Trinajstić information content (AvgIpc) is 2.66. The van der Waals surface area contributed by atoms with Crippen LogP contribution in [-0.4, -0.2) is 41.1 Å². The quantitative estimate of drug-likeness (QED) is 0.890. The molecule has 1 aromatic rings. The summed E-state index contributed by atoms with van der Waals surface area (Å²) in [5.74, 6) is -0.990. The number of carboxylic acid groups (broad SMARTS) is 1. The lowest BCUT2D eigenvalue weighted by Crippen LogP contribution is -2.32. The first kappa shape index (κ1) is 16.1. The highest BCUT2D eigenvalue weighted by molar-refractivity contribution is 6.33. The van der Waals surface area contributed by atoms with Gasteiger partial charge in [-0.25, -0.2) is 4.79 Å². The van der Waals surface area contributed by atoms with Crippen molar-refractivity contribution in [2.75, 3.05) is 18.4 Å². The van der Waals surface area contributed by atoms with Gasteiger partial charge in [0.05, 0.1) is 10.6 Å². The zero-order valence-corrected chi connectivity index (χ0v) is 13.4. The normalized spacial score (nSPS) is 20.3. The van der Waals surface area contributed by atoms with Gasteiger partial charge in [0.15, 0.2) is 0 Å². The molecule has 4 nitrogen and oxygen atoms in total. The summed E-state index contributed by atoms with van der Waals surface area (Å²) in [5, 5.41) is 12.8. The molecule has 116 valence electrons. The van der Waals surface area contributed by atoms with E-state index in [0.717, 1.165) is 38.0 Å². The molecule has 0 aromatic heterocycles. The van der Waals surface area contributed by atoms with Gasteiger partial charge in [-0.2, -0.15) is 0 Å². The SMILES string of the molecule is CC(C)N1CCCC(Nc2ccc(Cl)c(C(=O)O)c2)CC1. The summed E-state index contributed by atoms with van der Waals surface area (Å²) in [7, 11) is 0. The minimum atomic E-state index is -0.990. The van der Waals surface area contributed by atoms with Gasteiger partial charge in [0.25, 0.3) is 0 Å². The highest BCUT2D eigenvalue weighted by Gasteiger charge is 2.19. The van der Waals surface area contributed by atoms with Gasteiger partial charge in [-0.3, -0.25) is 0 Å². The van der Waals surface area contributed by atoms with Crippen molar-refractivity contribution >= 4 is 23.3 Å². The predicted octanol–water partition coefficient (Wildman–Crippen LogP) is 3.71. The van der Waals surface area contributed by atoms with Crippen LogP contribution < -0.4 is 5.32 Å². The summed E-state index contributed by atoms with van der Waals surface area (Å²) in [6.07, 6.45) is 3.34. The van der Waals surface area contributed by atoms with E-state index in [1.165, 1.54) is 0 Å². The molecule has 1 aliphatic heterocycles. The first-order valence-corrected chi connectivity index (χ1v) is 7.88. The molecule has 1 saturated heterocycles. The fourth-order valence-electron chi connectivity index (χ4n) is 2.79. The summed E-state index contributed by atoms with van der Waals surface area (Å²) in [5.41, 5.74) is 0.985. The number of rotatable bonds is 4. The Hall–Kier alpha value is -1.26. The molecular formula is C16H23ClN2O2. The van der Waals surface area contributed by atoms with Crippen LogP contribution in [0.2, 0.25) is 5.02 Å². The molecule has 21 heavy (non-hydrogen) atoms. The Bertz CT molecular complexity index is 505. The number of carbonyl (C=O) groups is 1. The van der Waals surface area contributed by atoms with Gasteiger partial charge in [0.2, 0.25) is 0 Å². The number of aromatic carboxylic acids is 1. The number of likely N-dealkylation sites (tertiary alicyclic amines) is 1. The number of hydrogen-bond acceptors (Lipinski definition) is 3. The van der Waals surface area contributed by atoms with E-state index in [1.807, 2.05) is 6.07 Å². The molecule has 1 aliphatic rings. The van der Waals surface area contributed by atoms with Gasteiger partial charge in [0.1, 0.15) is 0 Å². The van der Waals surface area contributed by atoms with Crippen molar-refractivity contribution in [2.24, 2.45) is 0 Å². The zero-order valence-electron chi connectivity index (χ0n) is 12.6. The van der Waals surface area contributed by atoms with Crippen LogP contribution in [-0.2, 0) is 0 Å². The Morgan fingerprint density at radius 2 is 2.14 bits per heavy atom. The molecule has 1 atom stereocenters. The van der Waals surface area contributed by atoms with Crippen LogP contribution in [0.25, 0.3) is 0 Å². The standard InChI is InChI=1S/C16H23ClN2O2/c1-11(2)19-8-3-4-12(7-9-19)18-13-5-6-15(17)14(10-13)16(20)21/h5-6,10-12,18H,3-4,7-9H2,1-2H3,(H,20,21). The third-order valence-corrected chi connectivity index (χ3v) is 4.39. The van der Waals surface area contributed by atoms with Crippen molar-refractivity contribution in [2.45, 2.75) is 45.2 Å². The van der Waals surface area contributed by atoms with Crippen LogP contribution in [0.5, 0.6) is 0 Å². The molecule has 2 rings (SSSR count). The number of carboxylic acids is 1. The summed E-state index contributed by atoms with van der Waals surface area (Å²) in [4.78, 5) is 13.6. The maximum absolute atomic E-state index is 11.1. The Balaban J connectivity index is 2.01. The van der Waals surface area contributed by atoms with E-state index in [1.54, 1.807) is 12.1 Å². The van der Waals surface area contributed by atoms with Gasteiger partial charge >= 0.3 is 5.97 Å². The monoisotopic (exact) mass is 310 g/mol. The van der Waals surface area contributed by atoms with Crippen LogP contribution in [0.1, 0.15) is 43.5 Å². The van der Waals surface area contributed by atoms with E-state index in [9.17, 15) is 4.79 Å². The topological polar surface area (TPSA) is 52.6 Å². The van der Waals surface area contributed by atoms with E-state index in [-0.39, 0.29) is 10.6 Å². The van der Waals surface area contributed by atoms with Crippen molar-refractivity contribution in [3.8, 4) is 0 Å². The van der Waals surface area contributed by atoms with Crippen molar-refractivity contribution in [3.05, 3.63) is 28.8 Å². The van der Waals surface area contributed by atoms with Gasteiger partial charge in [-0.15, -0.1) is 0 Å². The molecule has 5 heteroatoms. The number of anilines is 1. The lowest BCUT2D eigenvalue weighted by molar-refractivity contribution is 0.0697. The predicted molar refractivity (Wildman–Crippen MR) is 86.4 cm³/mol. The first-order valence-electron chi connectivity index (χ1n) is 7.51. The molecular weight excluding hydrogens is 288 g/mol. The van der Waals surface area contributed by atoms with E-state index >= 15 is 0 Å². The maximum Gasteiger partial charge on any atom is 0.337 e. The van der Waals surface area contributed by atoms with Crippen LogP contribution in [0.4, 0.5) is 5.69 Å². The summed E-state index contributed by atoms with van der Waals surface area (Å²) < 4.78 is 0. The molecule has 1 unspecified atom stereocenters. The Kier molecular flexibility index (Phi) is 5.48. The Morgan fingerprint density at radius 3 is 2.81 bits per heavy atom. The second kappa shape index (κ2) is 7.14. The summed E-state index contributed by atoms with van der Waals surface area (Å²) in [6.45, 7) is 6.67. The minimum absolute atomic E-state index is 0.152. The fraction of sp³-hybridized carbons (Fsp3) is 0.562. The first-order chi connectivity index (χ1) is 9.97. The molecule has 1 heterocycles. The van der Waals surface area contributed by atoms with Crippen molar-refractivity contribution in [3.63, 3.8) is 0 Å². The molecule has 1 fully saturated rings. The highest BCUT2D eigenvalue weighted by atomic mass is 35.5. The summed E-state index contributed by atoms with van der Waals surface area (Å²) >= 11 is 5.90. The number of hydrogen-bond donors (Lipinski definition) is 2. The number of nitrogens with one attached hydrogen (secondary N) is 1. The fourth-order valence-corrected chi connectivity index (χ4v) is 2.99. The Labute approximate surface area is 131 Å². The lowest BCUT2D eigenvalue weighted by Gasteiger charge is -2.24. The molecule has 0 amide bonds. The number of nitrogens with zero attached hydrogens (tertiary/aromatic N) is 1. The molecule has 2 N–H and O–H groups in total. The second-order valence-corrected chi connectivity index (χ2v) is 6.31. The summed E-state index contributed by atoms with van der Waals surface area (Å²) in [6, 6.07) is 6.08. The third-order valence-electron chi connectivity index (χ3n) is 4.06. The average molecular weight is 311 g/mol. The van der Waals surface area contributed by atoms with Crippen LogP contribution in [0.15, 0.2) is 18.2 Å². The number of halogens is 1. The van der Waals surface area contributed by atoms with Gasteiger partial charge in [-0.05, 0) is 57.9 Å². The molecule has 0 bridgehead atoms. The van der Waals surface area contributed by atoms with Gasteiger partial charge < -0.3 is 15.3 Å². The maximum atomic E-state index is 11.1. The van der Waals surface area contributed by atoms with E-state index in [4.69, 9.17) is 16.7 Å². The molecule has 0 radical (unpaired) electrons. The van der Waals surface area contributed by atoms with Crippen molar-refractivity contribution in [1.29, 1.82) is 0 Å². The van der Waals surface area contributed by atoms with Gasteiger partial charge in [-0.1, -0.05) is 11.6 Å². The smallest absolute Gasteiger partial charge is 0.337 e. The molecule has 0 saturated carbocycles. The zero-order chi connectivity index (χ0) is 15.4. The van der Waals surface area contributed by atoms with Crippen LogP contribution in [0.3, 0.4) is 0 Å². The molecule has 0 spiro atoms. The molecule has 0 aliphatic carbocycles. The highest BCUT2D eigenvalue weighted by Crippen LogP contribution is 2.23. The van der Waals surface area contributed by atoms with E-state index in [2.05, 4.69) is 24.1 Å². The third kappa shape index (κ3) is 4.35. The van der Waals surface area contributed by atoms with Gasteiger partial charge in [0, 0.05) is 24.3 Å². The van der Waals surface area contributed by atoms with E-state index in [0.29, 0.717) is 12.1 Å². The minimum Gasteiger partial charge on any atom is -0.478 e. The number of benzene rings is 1. The lowest BCUT2D eigenvalue weighted by atomic mass is 10.1. The van der Waals surface area contributed by atoms with Crippen molar-refractivity contribution < 1.29 is 9.90 Å². The molecule has 1 aromatic carbocycles. The Morgan fingerprint density at radius 1 is 1.38 bits per heavy atom. The van der Waals surface area contributed by atoms with Crippen molar-refractivity contribution in [1.82, 2.24) is 4.90 Å². The van der Waals surface area contributed by atoms with Crippen LogP contribution >= 0.6 is 11.6 Å². The van der Waals surface area contributed by atoms with Crippen LogP contribution in [0, 0.1) is 0 Å². The second-order valence-electron chi connectivity index (χ2n) is 5.90. The van der Waals surface area contributed by atoms with E-state index < -0.39 is 5.97 Å².